The molecule has 9 heteroatoms. The van der Waals surface area contributed by atoms with Crippen LogP contribution in [0.5, 0.6) is 0 Å². The van der Waals surface area contributed by atoms with Crippen molar-refractivity contribution >= 4 is 52.5 Å². The molecule has 0 aliphatic heterocycles. The molecule has 33 heavy (non-hydrogen) atoms. The quantitative estimate of drug-likeness (QED) is 0.218. The predicted molar refractivity (Wildman–Crippen MR) is 130 cm³/mol. The number of halogens is 1. The van der Waals surface area contributed by atoms with Gasteiger partial charge in [0.15, 0.2) is 5.16 Å². The minimum Gasteiger partial charge on any atom is -0.478 e. The molecule has 0 saturated carbocycles. The fraction of sp³-hybridized carbons (Fsp3) is 0.0833. The van der Waals surface area contributed by atoms with E-state index in [4.69, 9.17) is 16.7 Å². The third-order valence-electron chi connectivity index (χ3n) is 4.80. The molecule has 0 radical (unpaired) electrons. The smallest absolute Gasteiger partial charge is 0.335 e. The highest BCUT2D eigenvalue weighted by atomic mass is 35.5. The Hall–Kier alpha value is -3.62. The highest BCUT2D eigenvalue weighted by molar-refractivity contribution is 7.99. The molecule has 0 aliphatic rings. The summed E-state index contributed by atoms with van der Waals surface area (Å²) in [6, 6.07) is 21.6. The number of nitrogens with zero attached hydrogens (tertiary/aromatic N) is 3. The van der Waals surface area contributed by atoms with Crippen molar-refractivity contribution in [3.63, 3.8) is 0 Å². The van der Waals surface area contributed by atoms with Crippen LogP contribution >= 0.6 is 23.4 Å². The van der Waals surface area contributed by atoms with Gasteiger partial charge in [-0.1, -0.05) is 65.8 Å². The summed E-state index contributed by atoms with van der Waals surface area (Å²) >= 11 is 7.67. The van der Waals surface area contributed by atoms with Crippen molar-refractivity contribution in [3.8, 4) is 0 Å². The molecular formula is C24H19ClN4O3S. The van der Waals surface area contributed by atoms with Gasteiger partial charge in [0.25, 0.3) is 5.91 Å². The Morgan fingerprint density at radius 3 is 2.55 bits per heavy atom. The largest absolute Gasteiger partial charge is 0.478 e. The van der Waals surface area contributed by atoms with E-state index in [0.29, 0.717) is 22.3 Å². The normalized spacial score (nSPS) is 11.2. The molecule has 3 aromatic carbocycles. The number of thioether (sulfide) groups is 1. The van der Waals surface area contributed by atoms with Crippen LogP contribution < -0.4 is 5.43 Å². The zero-order valence-electron chi connectivity index (χ0n) is 17.3. The van der Waals surface area contributed by atoms with Crippen LogP contribution in [-0.4, -0.2) is 38.5 Å². The predicted octanol–water partition coefficient (Wildman–Crippen LogP) is 4.68. The Morgan fingerprint density at radius 2 is 1.79 bits per heavy atom. The van der Waals surface area contributed by atoms with Gasteiger partial charge in [0.05, 0.1) is 35.1 Å². The van der Waals surface area contributed by atoms with Gasteiger partial charge in [-0.25, -0.2) is 15.2 Å². The Balaban J connectivity index is 1.43. The number of nitrogens with one attached hydrogen (secondary N) is 1. The summed E-state index contributed by atoms with van der Waals surface area (Å²) in [4.78, 5) is 27.9. The molecule has 2 N–H and O–H groups in total. The van der Waals surface area contributed by atoms with Crippen LogP contribution in [0, 0.1) is 0 Å². The molecule has 1 aromatic heterocycles. The fourth-order valence-corrected chi connectivity index (χ4v) is 4.17. The van der Waals surface area contributed by atoms with Crippen molar-refractivity contribution in [2.24, 2.45) is 5.10 Å². The van der Waals surface area contributed by atoms with Gasteiger partial charge in [-0.2, -0.15) is 5.10 Å². The van der Waals surface area contributed by atoms with Crippen LogP contribution in [0.25, 0.3) is 11.0 Å². The van der Waals surface area contributed by atoms with Crippen LogP contribution in [-0.2, 0) is 11.3 Å². The number of hydrazone groups is 1. The molecule has 0 saturated heterocycles. The van der Waals surface area contributed by atoms with Crippen LogP contribution in [0.1, 0.15) is 21.5 Å². The summed E-state index contributed by atoms with van der Waals surface area (Å²) in [7, 11) is 0. The standard InChI is InChI=1S/C24H19ClN4O3S/c25-19-6-2-1-5-18(19)14-29-21-8-4-3-7-20(21)27-24(29)33-15-22(30)28-26-13-16-9-11-17(12-10-16)23(31)32/h1-13H,14-15H2,(H,28,30)(H,31,32). The van der Waals surface area contributed by atoms with Gasteiger partial charge in [0.2, 0.25) is 0 Å². The number of benzene rings is 3. The molecule has 1 heterocycles. The van der Waals surface area contributed by atoms with Gasteiger partial charge >= 0.3 is 5.97 Å². The molecular weight excluding hydrogens is 460 g/mol. The third kappa shape index (κ3) is 5.60. The summed E-state index contributed by atoms with van der Waals surface area (Å²) in [6.07, 6.45) is 1.46. The number of para-hydroxylation sites is 2. The molecule has 0 bridgehead atoms. The number of carboxylic acid groups (broad SMARTS) is 1. The topological polar surface area (TPSA) is 96.6 Å². The molecule has 0 fully saturated rings. The summed E-state index contributed by atoms with van der Waals surface area (Å²) in [6.45, 7) is 0.536. The molecule has 1 amide bonds. The average Bonchev–Trinajstić information content (AvgIpc) is 3.17. The van der Waals surface area contributed by atoms with Crippen LogP contribution in [0.4, 0.5) is 0 Å². The molecule has 4 aromatic rings. The van der Waals surface area contributed by atoms with E-state index in [-0.39, 0.29) is 17.2 Å². The number of carbonyl (C=O) groups is 2. The Kier molecular flexibility index (Phi) is 7.07. The number of amides is 1. The first kappa shape index (κ1) is 22.6. The molecule has 0 aliphatic carbocycles. The van der Waals surface area contributed by atoms with E-state index in [1.165, 1.54) is 30.1 Å². The van der Waals surface area contributed by atoms with Crippen molar-refractivity contribution in [3.05, 3.63) is 94.5 Å². The maximum Gasteiger partial charge on any atom is 0.335 e. The maximum absolute atomic E-state index is 12.3. The Morgan fingerprint density at radius 1 is 1.06 bits per heavy atom. The monoisotopic (exact) mass is 478 g/mol. The van der Waals surface area contributed by atoms with Crippen LogP contribution in [0.15, 0.2) is 83.1 Å². The summed E-state index contributed by atoms with van der Waals surface area (Å²) in [5.41, 5.74) is 6.12. The van der Waals surface area contributed by atoms with Gasteiger partial charge < -0.3 is 9.67 Å². The summed E-state index contributed by atoms with van der Waals surface area (Å²) < 4.78 is 2.04. The number of hydrogen-bond donors (Lipinski definition) is 2. The van der Waals surface area contributed by atoms with E-state index in [0.717, 1.165) is 16.6 Å². The lowest BCUT2D eigenvalue weighted by Crippen LogP contribution is -2.20. The fourth-order valence-electron chi connectivity index (χ4n) is 3.17. The number of carboxylic acids is 1. The second-order valence-electron chi connectivity index (χ2n) is 7.07. The lowest BCUT2D eigenvalue weighted by molar-refractivity contribution is -0.118. The number of aromatic nitrogens is 2. The van der Waals surface area contributed by atoms with E-state index >= 15 is 0 Å². The summed E-state index contributed by atoms with van der Waals surface area (Å²) in [5, 5.41) is 14.3. The molecule has 4 rings (SSSR count). The SMILES string of the molecule is O=C(CSc1nc2ccccc2n1Cc1ccccc1Cl)NN=Cc1ccc(C(=O)O)cc1. The third-order valence-corrected chi connectivity index (χ3v) is 6.14. The molecule has 0 atom stereocenters. The van der Waals surface area contributed by atoms with Crippen molar-refractivity contribution in [1.29, 1.82) is 0 Å². The number of imidazole rings is 1. The van der Waals surface area contributed by atoms with Crippen molar-refractivity contribution < 1.29 is 14.7 Å². The zero-order chi connectivity index (χ0) is 23.2. The van der Waals surface area contributed by atoms with E-state index in [9.17, 15) is 9.59 Å². The summed E-state index contributed by atoms with van der Waals surface area (Å²) in [5.74, 6) is -1.15. The number of rotatable bonds is 8. The molecule has 7 nitrogen and oxygen atoms in total. The van der Waals surface area contributed by atoms with Crippen molar-refractivity contribution in [2.75, 3.05) is 5.75 Å². The average molecular weight is 479 g/mol. The van der Waals surface area contributed by atoms with Crippen LogP contribution in [0.2, 0.25) is 5.02 Å². The van der Waals surface area contributed by atoms with E-state index < -0.39 is 5.97 Å². The highest BCUT2D eigenvalue weighted by Gasteiger charge is 2.14. The Labute approximate surface area is 199 Å². The second-order valence-corrected chi connectivity index (χ2v) is 8.42. The number of hydrogen-bond acceptors (Lipinski definition) is 5. The van der Waals surface area contributed by atoms with Gasteiger partial charge in [-0.05, 0) is 41.5 Å². The van der Waals surface area contributed by atoms with Crippen molar-refractivity contribution in [2.45, 2.75) is 11.7 Å². The van der Waals surface area contributed by atoms with E-state index in [1.54, 1.807) is 12.1 Å². The molecule has 0 unspecified atom stereocenters. The van der Waals surface area contributed by atoms with Gasteiger partial charge in [-0.3, -0.25) is 4.79 Å². The number of aromatic carboxylic acids is 1. The zero-order valence-corrected chi connectivity index (χ0v) is 18.9. The van der Waals surface area contributed by atoms with Crippen molar-refractivity contribution in [1.82, 2.24) is 15.0 Å². The lowest BCUT2D eigenvalue weighted by Gasteiger charge is -2.10. The first-order chi connectivity index (χ1) is 16.0. The van der Waals surface area contributed by atoms with Gasteiger partial charge in [0.1, 0.15) is 0 Å². The van der Waals surface area contributed by atoms with Gasteiger partial charge in [0, 0.05) is 5.02 Å². The first-order valence-corrected chi connectivity index (χ1v) is 11.3. The second kappa shape index (κ2) is 10.3. The minimum atomic E-state index is -0.996. The maximum atomic E-state index is 12.3. The minimum absolute atomic E-state index is 0.126. The van der Waals surface area contributed by atoms with Gasteiger partial charge in [-0.15, -0.1) is 0 Å². The number of carbonyl (C=O) groups excluding carboxylic acids is 1. The molecule has 0 spiro atoms. The Bertz CT molecular complexity index is 1340. The lowest BCUT2D eigenvalue weighted by atomic mass is 10.1. The molecule has 166 valence electrons. The highest BCUT2D eigenvalue weighted by Crippen LogP contribution is 2.27. The van der Waals surface area contributed by atoms with E-state index in [2.05, 4.69) is 15.5 Å². The van der Waals surface area contributed by atoms with Crippen LogP contribution in [0.3, 0.4) is 0 Å². The number of fused-ring (bicyclic) bond motifs is 1. The van der Waals surface area contributed by atoms with E-state index in [1.807, 2.05) is 53.1 Å². The first-order valence-electron chi connectivity index (χ1n) is 9.98.